The molecule has 1 aliphatic carbocycles. The number of para-hydroxylation sites is 1. The van der Waals surface area contributed by atoms with Gasteiger partial charge in [0.1, 0.15) is 27.8 Å². The fraction of sp³-hybridized carbons (Fsp3) is 0.0652. The minimum atomic E-state index is -0.134. The van der Waals surface area contributed by atoms with E-state index >= 15 is 0 Å². The summed E-state index contributed by atoms with van der Waals surface area (Å²) in [7, 11) is 0. The van der Waals surface area contributed by atoms with Crippen molar-refractivity contribution < 1.29 is 13.3 Å². The summed E-state index contributed by atoms with van der Waals surface area (Å²) >= 11 is 0. The molecular formula is C46H30N2O3. The molecule has 0 saturated carbocycles. The van der Waals surface area contributed by atoms with Crippen LogP contribution in [0.1, 0.15) is 25.0 Å². The summed E-state index contributed by atoms with van der Waals surface area (Å²) in [6.07, 6.45) is 0. The van der Waals surface area contributed by atoms with Gasteiger partial charge in [0, 0.05) is 55.5 Å². The number of anilines is 3. The van der Waals surface area contributed by atoms with Crippen molar-refractivity contribution in [1.29, 1.82) is 0 Å². The van der Waals surface area contributed by atoms with E-state index < -0.39 is 0 Å². The summed E-state index contributed by atoms with van der Waals surface area (Å²) in [4.78, 5) is 7.26. The van der Waals surface area contributed by atoms with Gasteiger partial charge < -0.3 is 18.2 Å². The average molecular weight is 659 g/mol. The zero-order valence-corrected chi connectivity index (χ0v) is 28.0. The van der Waals surface area contributed by atoms with Gasteiger partial charge in [0.05, 0.1) is 5.69 Å². The number of aromatic nitrogens is 1. The summed E-state index contributed by atoms with van der Waals surface area (Å²) < 4.78 is 18.9. The number of rotatable bonds is 4. The van der Waals surface area contributed by atoms with Crippen LogP contribution in [0.25, 0.3) is 77.6 Å². The van der Waals surface area contributed by atoms with Gasteiger partial charge in [-0.2, -0.15) is 0 Å². The van der Waals surface area contributed by atoms with Crippen molar-refractivity contribution in [3.63, 3.8) is 0 Å². The molecule has 0 bridgehead atoms. The normalized spacial score (nSPS) is 13.5. The first kappa shape index (κ1) is 28.3. The van der Waals surface area contributed by atoms with E-state index in [-0.39, 0.29) is 5.41 Å². The summed E-state index contributed by atoms with van der Waals surface area (Å²) in [6, 6.07) is 50.8. The van der Waals surface area contributed by atoms with Gasteiger partial charge in [0.2, 0.25) is 5.89 Å². The molecule has 0 spiro atoms. The fourth-order valence-corrected chi connectivity index (χ4v) is 8.23. The molecule has 3 heterocycles. The largest absolute Gasteiger partial charge is 0.456 e. The Morgan fingerprint density at radius 2 is 1.14 bits per heavy atom. The third-order valence-electron chi connectivity index (χ3n) is 10.7. The number of hydrogen-bond acceptors (Lipinski definition) is 5. The van der Waals surface area contributed by atoms with E-state index in [4.69, 9.17) is 18.2 Å². The third kappa shape index (κ3) is 4.06. The van der Waals surface area contributed by atoms with Crippen molar-refractivity contribution in [3.05, 3.63) is 157 Å². The fourth-order valence-electron chi connectivity index (χ4n) is 8.23. The highest BCUT2D eigenvalue weighted by atomic mass is 16.4. The van der Waals surface area contributed by atoms with Crippen LogP contribution >= 0.6 is 0 Å². The molecule has 0 amide bonds. The maximum absolute atomic E-state index is 6.45. The SMILES string of the molecule is CC1(C)c2ccccc2-c2c(N(c3ccc4oc5ccccc5c4c3)c3ccc4oc5cc6oc(-c7ccccc7)nc6cc5c4c3)cccc21. The summed E-state index contributed by atoms with van der Waals surface area (Å²) in [5.74, 6) is 0.595. The zero-order chi connectivity index (χ0) is 33.8. The van der Waals surface area contributed by atoms with Crippen molar-refractivity contribution in [2.45, 2.75) is 19.3 Å². The van der Waals surface area contributed by atoms with Gasteiger partial charge in [-0.1, -0.05) is 86.6 Å². The van der Waals surface area contributed by atoms with Gasteiger partial charge in [-0.25, -0.2) is 4.98 Å². The van der Waals surface area contributed by atoms with Crippen molar-refractivity contribution >= 4 is 72.0 Å². The predicted octanol–water partition coefficient (Wildman–Crippen LogP) is 13.1. The lowest BCUT2D eigenvalue weighted by molar-refractivity contribution is 0.617. The number of furan rings is 2. The molecule has 3 aromatic heterocycles. The lowest BCUT2D eigenvalue weighted by atomic mass is 9.82. The molecule has 0 unspecified atom stereocenters. The van der Waals surface area contributed by atoms with E-state index in [0.717, 1.165) is 72.0 Å². The Hall–Kier alpha value is -6.59. The van der Waals surface area contributed by atoms with Crippen LogP contribution < -0.4 is 4.90 Å². The molecule has 0 saturated heterocycles. The molecule has 11 rings (SSSR count). The van der Waals surface area contributed by atoms with Gasteiger partial charge in [0.15, 0.2) is 5.58 Å². The lowest BCUT2D eigenvalue weighted by Gasteiger charge is -2.29. The van der Waals surface area contributed by atoms with Gasteiger partial charge in [0.25, 0.3) is 0 Å². The second-order valence-corrected chi connectivity index (χ2v) is 14.0. The molecule has 242 valence electrons. The topological polar surface area (TPSA) is 55.6 Å². The molecular weight excluding hydrogens is 629 g/mol. The zero-order valence-electron chi connectivity index (χ0n) is 28.0. The highest BCUT2D eigenvalue weighted by Gasteiger charge is 2.37. The number of benzene rings is 7. The van der Waals surface area contributed by atoms with E-state index in [9.17, 15) is 0 Å². The highest BCUT2D eigenvalue weighted by molar-refractivity contribution is 6.11. The Morgan fingerprint density at radius 1 is 0.490 bits per heavy atom. The second-order valence-electron chi connectivity index (χ2n) is 14.0. The van der Waals surface area contributed by atoms with Crippen LogP contribution in [-0.2, 0) is 5.41 Å². The van der Waals surface area contributed by atoms with Crippen molar-refractivity contribution in [3.8, 4) is 22.6 Å². The van der Waals surface area contributed by atoms with E-state index in [1.165, 1.54) is 22.3 Å². The summed E-state index contributed by atoms with van der Waals surface area (Å²) in [5.41, 5.74) is 14.0. The van der Waals surface area contributed by atoms with Crippen molar-refractivity contribution in [1.82, 2.24) is 4.98 Å². The van der Waals surface area contributed by atoms with Crippen molar-refractivity contribution in [2.24, 2.45) is 0 Å². The highest BCUT2D eigenvalue weighted by Crippen LogP contribution is 2.54. The quantitative estimate of drug-likeness (QED) is 0.188. The lowest BCUT2D eigenvalue weighted by Crippen LogP contribution is -2.16. The predicted molar refractivity (Wildman–Crippen MR) is 206 cm³/mol. The molecule has 0 atom stereocenters. The molecule has 0 fully saturated rings. The first-order chi connectivity index (χ1) is 25.0. The minimum absolute atomic E-state index is 0.134. The average Bonchev–Trinajstić information content (AvgIpc) is 3.91. The first-order valence-corrected chi connectivity index (χ1v) is 17.3. The Balaban J connectivity index is 1.16. The van der Waals surface area contributed by atoms with Crippen LogP contribution in [0.3, 0.4) is 0 Å². The van der Waals surface area contributed by atoms with Crippen LogP contribution in [0.15, 0.2) is 159 Å². The maximum Gasteiger partial charge on any atom is 0.227 e. The number of hydrogen-bond donors (Lipinski definition) is 0. The first-order valence-electron chi connectivity index (χ1n) is 17.3. The van der Waals surface area contributed by atoms with Gasteiger partial charge in [-0.3, -0.25) is 0 Å². The minimum Gasteiger partial charge on any atom is -0.456 e. The number of oxazole rings is 1. The smallest absolute Gasteiger partial charge is 0.227 e. The number of nitrogens with zero attached hydrogens (tertiary/aromatic N) is 2. The van der Waals surface area contributed by atoms with Crippen LogP contribution in [-0.4, -0.2) is 4.98 Å². The number of fused-ring (bicyclic) bond motifs is 10. The van der Waals surface area contributed by atoms with E-state index in [2.05, 4.69) is 116 Å². The standard InChI is InChI=1S/C46H30N2O3/c1-46(2)35-15-8-6-14-31(35)44-36(46)16-10-17-38(44)48(28-19-21-40-32(23-28)30-13-7-9-18-39(30)49-40)29-20-22-41-33(24-29)34-25-37-43(26-42(34)50-41)51-45(47-37)27-11-4-3-5-12-27/h3-26H,1-2H3. The van der Waals surface area contributed by atoms with E-state index in [1.807, 2.05) is 48.5 Å². The Morgan fingerprint density at radius 3 is 1.96 bits per heavy atom. The molecule has 1 aliphatic rings. The van der Waals surface area contributed by atoms with Crippen LogP contribution in [0.5, 0.6) is 0 Å². The summed E-state index contributed by atoms with van der Waals surface area (Å²) in [6.45, 7) is 4.65. The van der Waals surface area contributed by atoms with E-state index in [1.54, 1.807) is 0 Å². The molecule has 0 aliphatic heterocycles. The molecule has 51 heavy (non-hydrogen) atoms. The molecule has 7 aromatic carbocycles. The van der Waals surface area contributed by atoms with Gasteiger partial charge in [-0.05, 0) is 83.4 Å². The molecule has 5 nitrogen and oxygen atoms in total. The Bertz CT molecular complexity index is 3020. The van der Waals surface area contributed by atoms with Crippen LogP contribution in [0, 0.1) is 0 Å². The van der Waals surface area contributed by atoms with Crippen LogP contribution in [0.2, 0.25) is 0 Å². The molecule has 5 heteroatoms. The molecule has 0 radical (unpaired) electrons. The third-order valence-corrected chi connectivity index (χ3v) is 10.7. The van der Waals surface area contributed by atoms with Gasteiger partial charge >= 0.3 is 0 Å². The van der Waals surface area contributed by atoms with Crippen molar-refractivity contribution in [2.75, 3.05) is 4.90 Å². The molecule has 0 N–H and O–H groups in total. The Labute approximate surface area is 293 Å². The van der Waals surface area contributed by atoms with Gasteiger partial charge in [-0.15, -0.1) is 0 Å². The van der Waals surface area contributed by atoms with Crippen LogP contribution in [0.4, 0.5) is 17.1 Å². The van der Waals surface area contributed by atoms with E-state index in [0.29, 0.717) is 11.5 Å². The molecule has 10 aromatic rings. The Kier molecular flexibility index (Phi) is 5.66. The maximum atomic E-state index is 6.45. The summed E-state index contributed by atoms with van der Waals surface area (Å²) in [5, 5.41) is 4.19. The second kappa shape index (κ2) is 10.2. The monoisotopic (exact) mass is 658 g/mol.